The van der Waals surface area contributed by atoms with E-state index in [9.17, 15) is 8.78 Å². The first-order chi connectivity index (χ1) is 9.19. The van der Waals surface area contributed by atoms with Gasteiger partial charge in [0, 0.05) is 18.8 Å². The van der Waals surface area contributed by atoms with Gasteiger partial charge in [0.25, 0.3) is 0 Å². The molecule has 1 unspecified atom stereocenters. The van der Waals surface area contributed by atoms with Crippen molar-refractivity contribution in [2.24, 2.45) is 5.92 Å². The van der Waals surface area contributed by atoms with Crippen molar-refractivity contribution in [3.8, 4) is 5.75 Å². The van der Waals surface area contributed by atoms with E-state index < -0.39 is 6.61 Å². The topological polar surface area (TPSA) is 24.5 Å². The molecular weight excluding hydrogens is 250 g/mol. The Morgan fingerprint density at radius 3 is 2.74 bits per heavy atom. The van der Waals surface area contributed by atoms with Crippen LogP contribution in [0.1, 0.15) is 13.3 Å². The first kappa shape index (κ1) is 14.1. The van der Waals surface area contributed by atoms with Crippen molar-refractivity contribution in [3.63, 3.8) is 0 Å². The van der Waals surface area contributed by atoms with Gasteiger partial charge in [-0.2, -0.15) is 8.78 Å². The molecule has 1 N–H and O–H groups in total. The number of halogens is 2. The van der Waals surface area contributed by atoms with Gasteiger partial charge in [0.15, 0.2) is 0 Å². The molecular formula is C14H20F2N2O. The molecule has 1 saturated heterocycles. The summed E-state index contributed by atoms with van der Waals surface area (Å²) in [7, 11) is 0. The minimum atomic E-state index is -2.76. The molecule has 1 aromatic carbocycles. The van der Waals surface area contributed by atoms with Crippen LogP contribution in [0.5, 0.6) is 5.75 Å². The Labute approximate surface area is 112 Å². The zero-order valence-electron chi connectivity index (χ0n) is 11.1. The van der Waals surface area contributed by atoms with E-state index in [-0.39, 0.29) is 5.75 Å². The first-order valence-corrected chi connectivity index (χ1v) is 6.69. The molecule has 0 bridgehead atoms. The number of ether oxygens (including phenoxy) is 1. The third kappa shape index (κ3) is 4.06. The van der Waals surface area contributed by atoms with E-state index in [2.05, 4.69) is 21.9 Å². The van der Waals surface area contributed by atoms with Crippen LogP contribution in [0, 0.1) is 5.92 Å². The summed E-state index contributed by atoms with van der Waals surface area (Å²) in [4.78, 5) is 2.29. The highest BCUT2D eigenvalue weighted by molar-refractivity contribution is 5.49. The largest absolute Gasteiger partial charge is 0.435 e. The number of alkyl halides is 2. The van der Waals surface area contributed by atoms with E-state index in [4.69, 9.17) is 0 Å². The van der Waals surface area contributed by atoms with Crippen molar-refractivity contribution >= 4 is 5.69 Å². The molecule has 0 aromatic heterocycles. The Balaban J connectivity index is 1.89. The molecule has 3 nitrogen and oxygen atoms in total. The minimum Gasteiger partial charge on any atom is -0.435 e. The van der Waals surface area contributed by atoms with Gasteiger partial charge < -0.3 is 15.0 Å². The second kappa shape index (κ2) is 6.70. The Hall–Kier alpha value is -1.36. The average molecular weight is 270 g/mol. The molecule has 0 amide bonds. The number of nitrogens with zero attached hydrogens (tertiary/aromatic N) is 1. The van der Waals surface area contributed by atoms with Crippen LogP contribution in [-0.4, -0.2) is 32.8 Å². The van der Waals surface area contributed by atoms with Crippen molar-refractivity contribution in [3.05, 3.63) is 24.3 Å². The van der Waals surface area contributed by atoms with Gasteiger partial charge >= 0.3 is 6.61 Å². The lowest BCUT2D eigenvalue weighted by Gasteiger charge is -2.19. The van der Waals surface area contributed by atoms with E-state index >= 15 is 0 Å². The first-order valence-electron chi connectivity index (χ1n) is 6.69. The third-order valence-corrected chi connectivity index (χ3v) is 3.40. The SMILES string of the molecule is CCNCC1CCN(c2ccc(OC(F)F)cc2)C1. The molecule has 1 heterocycles. The number of hydrogen-bond donors (Lipinski definition) is 1. The number of benzene rings is 1. The van der Waals surface area contributed by atoms with Crippen LogP contribution < -0.4 is 15.0 Å². The van der Waals surface area contributed by atoms with Crippen LogP contribution in [0.2, 0.25) is 0 Å². The molecule has 5 heteroatoms. The summed E-state index contributed by atoms with van der Waals surface area (Å²) in [5.74, 6) is 0.874. The minimum absolute atomic E-state index is 0.210. The van der Waals surface area contributed by atoms with Crippen LogP contribution in [-0.2, 0) is 0 Å². The van der Waals surface area contributed by atoms with Crippen LogP contribution in [0.4, 0.5) is 14.5 Å². The molecule has 19 heavy (non-hydrogen) atoms. The lowest BCUT2D eigenvalue weighted by molar-refractivity contribution is -0.0498. The molecule has 2 rings (SSSR count). The molecule has 0 saturated carbocycles. The zero-order chi connectivity index (χ0) is 13.7. The lowest BCUT2D eigenvalue weighted by Crippen LogP contribution is -2.26. The maximum absolute atomic E-state index is 12.1. The van der Waals surface area contributed by atoms with Gasteiger partial charge in [0.1, 0.15) is 5.75 Å². The summed E-state index contributed by atoms with van der Waals surface area (Å²) in [6, 6.07) is 6.87. The van der Waals surface area contributed by atoms with Gasteiger partial charge in [-0.15, -0.1) is 0 Å². The van der Waals surface area contributed by atoms with Crippen LogP contribution in [0.3, 0.4) is 0 Å². The highest BCUT2D eigenvalue weighted by Crippen LogP contribution is 2.26. The fraction of sp³-hybridized carbons (Fsp3) is 0.571. The Kier molecular flexibility index (Phi) is 4.96. The average Bonchev–Trinajstić information content (AvgIpc) is 2.85. The van der Waals surface area contributed by atoms with Crippen molar-refractivity contribution in [1.82, 2.24) is 5.32 Å². The molecule has 1 fully saturated rings. The van der Waals surface area contributed by atoms with Gasteiger partial charge in [-0.25, -0.2) is 0 Å². The second-order valence-electron chi connectivity index (χ2n) is 4.78. The summed E-state index contributed by atoms with van der Waals surface area (Å²) >= 11 is 0. The van der Waals surface area contributed by atoms with Crippen LogP contribution >= 0.6 is 0 Å². The number of hydrogen-bond acceptors (Lipinski definition) is 3. The molecule has 1 aromatic rings. The monoisotopic (exact) mass is 270 g/mol. The highest BCUT2D eigenvalue weighted by atomic mass is 19.3. The van der Waals surface area contributed by atoms with Gasteiger partial charge in [-0.1, -0.05) is 6.92 Å². The van der Waals surface area contributed by atoms with Gasteiger partial charge in [-0.05, 0) is 49.7 Å². The normalized spacial score (nSPS) is 19.2. The van der Waals surface area contributed by atoms with Crippen LogP contribution in [0.15, 0.2) is 24.3 Å². The van der Waals surface area contributed by atoms with E-state index in [1.54, 1.807) is 12.1 Å². The van der Waals surface area contributed by atoms with E-state index in [0.717, 1.165) is 31.9 Å². The highest BCUT2D eigenvalue weighted by Gasteiger charge is 2.22. The predicted molar refractivity (Wildman–Crippen MR) is 71.9 cm³/mol. The zero-order valence-corrected chi connectivity index (χ0v) is 11.1. The second-order valence-corrected chi connectivity index (χ2v) is 4.78. The van der Waals surface area contributed by atoms with Crippen LogP contribution in [0.25, 0.3) is 0 Å². The maximum Gasteiger partial charge on any atom is 0.387 e. The molecule has 1 atom stereocenters. The Bertz CT molecular complexity index is 384. The standard InChI is InChI=1S/C14H20F2N2O/c1-2-17-9-11-7-8-18(10-11)12-3-5-13(6-4-12)19-14(15)16/h3-6,11,14,17H,2,7-10H2,1H3. The summed E-state index contributed by atoms with van der Waals surface area (Å²) in [6.45, 7) is 3.42. The van der Waals surface area contributed by atoms with Crippen molar-refractivity contribution in [2.75, 3.05) is 31.1 Å². The lowest BCUT2D eigenvalue weighted by atomic mass is 10.1. The predicted octanol–water partition coefficient (Wildman–Crippen LogP) is 2.72. The Morgan fingerprint density at radius 1 is 1.37 bits per heavy atom. The van der Waals surface area contributed by atoms with E-state index in [1.165, 1.54) is 6.42 Å². The number of rotatable bonds is 6. The third-order valence-electron chi connectivity index (χ3n) is 3.40. The Morgan fingerprint density at radius 2 is 2.11 bits per heavy atom. The number of anilines is 1. The fourth-order valence-corrected chi connectivity index (χ4v) is 2.42. The van der Waals surface area contributed by atoms with E-state index in [1.807, 2.05) is 12.1 Å². The smallest absolute Gasteiger partial charge is 0.387 e. The summed E-state index contributed by atoms with van der Waals surface area (Å²) in [6.07, 6.45) is 1.17. The summed E-state index contributed by atoms with van der Waals surface area (Å²) in [5.41, 5.74) is 1.07. The van der Waals surface area contributed by atoms with Crippen molar-refractivity contribution in [1.29, 1.82) is 0 Å². The molecule has 1 aliphatic rings. The summed E-state index contributed by atoms with van der Waals surface area (Å²) in [5, 5.41) is 3.36. The van der Waals surface area contributed by atoms with Gasteiger partial charge in [0.05, 0.1) is 0 Å². The van der Waals surface area contributed by atoms with E-state index in [0.29, 0.717) is 5.92 Å². The molecule has 1 aliphatic heterocycles. The van der Waals surface area contributed by atoms with Gasteiger partial charge in [0.2, 0.25) is 0 Å². The molecule has 106 valence electrons. The van der Waals surface area contributed by atoms with Gasteiger partial charge in [-0.3, -0.25) is 0 Å². The molecule has 0 spiro atoms. The fourth-order valence-electron chi connectivity index (χ4n) is 2.42. The summed E-state index contributed by atoms with van der Waals surface area (Å²) < 4.78 is 28.4. The number of nitrogens with one attached hydrogen (secondary N) is 1. The maximum atomic E-state index is 12.1. The molecule has 0 radical (unpaired) electrons. The molecule has 0 aliphatic carbocycles. The van der Waals surface area contributed by atoms with Crippen molar-refractivity contribution in [2.45, 2.75) is 20.0 Å². The quantitative estimate of drug-likeness (QED) is 0.860. The van der Waals surface area contributed by atoms with Crippen molar-refractivity contribution < 1.29 is 13.5 Å².